The van der Waals surface area contributed by atoms with E-state index in [9.17, 15) is 14.7 Å². The number of likely N-dealkylation sites (tertiary alicyclic amines) is 1. The Morgan fingerprint density at radius 3 is 2.60 bits per heavy atom. The second-order valence-electron chi connectivity index (χ2n) is 17.2. The molecular formula is C37H60N2O4. The van der Waals surface area contributed by atoms with E-state index in [1.165, 1.54) is 31.3 Å². The number of aliphatic hydroxyl groups excluding tert-OH is 1. The lowest BCUT2D eigenvalue weighted by molar-refractivity contribution is -0.116. The lowest BCUT2D eigenvalue weighted by Gasteiger charge is -2.54. The molecule has 5 rings (SSSR count). The third kappa shape index (κ3) is 6.13. The molecule has 4 aliphatic carbocycles. The minimum Gasteiger partial charge on any atom is -0.444 e. The first-order chi connectivity index (χ1) is 20.0. The van der Waals surface area contributed by atoms with Crippen LogP contribution in [0.15, 0.2) is 22.8 Å². The number of nitrogens with zero attached hydrogens (tertiary/aromatic N) is 1. The first-order valence-electron chi connectivity index (χ1n) is 17.3. The summed E-state index contributed by atoms with van der Waals surface area (Å²) in [6, 6.07) is 0.0711. The Labute approximate surface area is 261 Å². The van der Waals surface area contributed by atoms with Crippen molar-refractivity contribution < 1.29 is 19.4 Å². The van der Waals surface area contributed by atoms with Gasteiger partial charge in [0.1, 0.15) is 5.60 Å². The maximum atomic E-state index is 12.3. The van der Waals surface area contributed by atoms with E-state index in [1.54, 1.807) is 11.1 Å². The number of carbonyl (C=O) groups is 2. The number of hydrogen-bond acceptors (Lipinski definition) is 5. The molecule has 0 spiro atoms. The molecule has 6 heteroatoms. The fraction of sp³-hybridized carbons (Fsp3) is 0.838. The van der Waals surface area contributed by atoms with E-state index in [0.717, 1.165) is 32.2 Å². The van der Waals surface area contributed by atoms with E-state index in [0.29, 0.717) is 49.0 Å². The number of piperidine rings is 1. The van der Waals surface area contributed by atoms with Crippen molar-refractivity contribution in [3.63, 3.8) is 0 Å². The van der Waals surface area contributed by atoms with Crippen molar-refractivity contribution >= 4 is 11.9 Å². The van der Waals surface area contributed by atoms with Gasteiger partial charge in [-0.05, 0) is 125 Å². The van der Waals surface area contributed by atoms with E-state index < -0.39 is 5.60 Å². The summed E-state index contributed by atoms with van der Waals surface area (Å²) in [6.45, 7) is 22.4. The van der Waals surface area contributed by atoms with E-state index in [1.807, 2.05) is 26.8 Å². The molecule has 6 nitrogen and oxygen atoms in total. The van der Waals surface area contributed by atoms with E-state index in [2.05, 4.69) is 51.8 Å². The molecule has 5 aliphatic rings. The Morgan fingerprint density at radius 1 is 1.19 bits per heavy atom. The van der Waals surface area contributed by atoms with Gasteiger partial charge < -0.3 is 15.2 Å². The molecule has 2 saturated carbocycles. The normalized spacial score (nSPS) is 41.0. The number of aliphatic hydroxyl groups is 1. The van der Waals surface area contributed by atoms with Gasteiger partial charge in [0.2, 0.25) is 0 Å². The molecule has 1 heterocycles. The van der Waals surface area contributed by atoms with Gasteiger partial charge in [0, 0.05) is 32.1 Å². The zero-order chi connectivity index (χ0) is 31.5. The van der Waals surface area contributed by atoms with E-state index >= 15 is 0 Å². The minimum absolute atomic E-state index is 0.0711. The Hall–Kier alpha value is -1.66. The van der Waals surface area contributed by atoms with Crippen molar-refractivity contribution in [2.75, 3.05) is 19.6 Å². The average Bonchev–Trinajstić information content (AvgIpc) is 3.12. The third-order valence-corrected chi connectivity index (χ3v) is 13.0. The highest BCUT2D eigenvalue weighted by Crippen LogP contribution is 2.69. The SMILES string of the molecule is CC1=C2C[C@H]3[C@@](C)(CCC4=CC(=O)CC[C@@]43C)[C@@H]2CC[C@@](C)([C@H](C)[C@H]2[C@H](O)C[C@H](C)CN2CCNC(=O)OC(C)(C)C)C1. The number of alkyl carbamates (subject to hydrolysis) is 1. The summed E-state index contributed by atoms with van der Waals surface area (Å²) in [5, 5.41) is 14.5. The van der Waals surface area contributed by atoms with Crippen LogP contribution in [-0.2, 0) is 9.53 Å². The smallest absolute Gasteiger partial charge is 0.407 e. The Bertz CT molecular complexity index is 1170. The summed E-state index contributed by atoms with van der Waals surface area (Å²) < 4.78 is 5.46. The summed E-state index contributed by atoms with van der Waals surface area (Å²) >= 11 is 0. The Morgan fingerprint density at radius 2 is 1.91 bits per heavy atom. The maximum Gasteiger partial charge on any atom is 0.407 e. The van der Waals surface area contributed by atoms with Crippen LogP contribution in [-0.4, -0.2) is 59.3 Å². The molecule has 2 N–H and O–H groups in total. The summed E-state index contributed by atoms with van der Waals surface area (Å²) in [5.74, 6) is 2.31. The van der Waals surface area contributed by atoms with Crippen molar-refractivity contribution in [2.45, 2.75) is 138 Å². The molecule has 242 valence electrons. The number of carbonyl (C=O) groups excluding carboxylic acids is 2. The standard InChI is InChI=1S/C37H60N2O4/c1-23-18-30(41)32(39(22-23)17-16-38-33(42)43-34(4,5)6)25(3)35(7)13-12-29-28(24(2)21-35)20-31-36(8)15-11-27(40)19-26(36)10-14-37(29,31)9/h19,23,25,29-32,41H,10-18,20-22H2,1-9H3,(H,38,42)/t23-,25+,29+,30+,31+,32-,35+,36-,37-/m0/s1. The molecule has 3 fully saturated rings. The first-order valence-corrected chi connectivity index (χ1v) is 17.3. The van der Waals surface area contributed by atoms with Gasteiger partial charge in [-0.25, -0.2) is 4.79 Å². The molecule has 0 aromatic heterocycles. The minimum atomic E-state index is -0.517. The van der Waals surface area contributed by atoms with Crippen LogP contribution in [0.4, 0.5) is 4.79 Å². The third-order valence-electron chi connectivity index (χ3n) is 13.0. The van der Waals surface area contributed by atoms with Crippen LogP contribution < -0.4 is 5.32 Å². The summed E-state index contributed by atoms with van der Waals surface area (Å²) in [5.41, 5.74) is 4.77. The molecule has 0 bridgehead atoms. The fourth-order valence-corrected chi connectivity index (χ4v) is 10.6. The average molecular weight is 597 g/mol. The van der Waals surface area contributed by atoms with Crippen LogP contribution in [0.5, 0.6) is 0 Å². The number of hydrogen-bond donors (Lipinski definition) is 2. The molecule has 1 saturated heterocycles. The van der Waals surface area contributed by atoms with Crippen LogP contribution in [0.25, 0.3) is 0 Å². The summed E-state index contributed by atoms with van der Waals surface area (Å²) in [4.78, 5) is 27.1. The van der Waals surface area contributed by atoms with Gasteiger partial charge in [0.05, 0.1) is 6.10 Å². The molecule has 9 atom stereocenters. The zero-order valence-electron chi connectivity index (χ0n) is 28.6. The molecule has 0 aromatic rings. The lowest BCUT2D eigenvalue weighted by Crippen LogP contribution is -2.58. The van der Waals surface area contributed by atoms with E-state index in [4.69, 9.17) is 4.74 Å². The lowest BCUT2D eigenvalue weighted by atomic mass is 9.50. The van der Waals surface area contributed by atoms with Gasteiger partial charge in [0.25, 0.3) is 0 Å². The largest absolute Gasteiger partial charge is 0.444 e. The Kier molecular flexibility index (Phi) is 8.83. The quantitative estimate of drug-likeness (QED) is 0.322. The second kappa shape index (κ2) is 11.6. The highest BCUT2D eigenvalue weighted by molar-refractivity contribution is 5.91. The summed E-state index contributed by atoms with van der Waals surface area (Å²) in [7, 11) is 0. The number of amides is 1. The van der Waals surface area contributed by atoms with Gasteiger partial charge in [0.15, 0.2) is 5.78 Å². The van der Waals surface area contributed by atoms with Crippen molar-refractivity contribution in [1.29, 1.82) is 0 Å². The number of rotatable bonds is 5. The topological polar surface area (TPSA) is 78.9 Å². The van der Waals surface area contributed by atoms with Crippen LogP contribution in [0.1, 0.15) is 120 Å². The summed E-state index contributed by atoms with van der Waals surface area (Å²) in [6.07, 6.45) is 10.8. The van der Waals surface area contributed by atoms with Crippen molar-refractivity contribution in [3.05, 3.63) is 22.8 Å². The van der Waals surface area contributed by atoms with Gasteiger partial charge in [-0.2, -0.15) is 0 Å². The van der Waals surface area contributed by atoms with Crippen LogP contribution in [0.2, 0.25) is 0 Å². The predicted octanol–water partition coefficient (Wildman–Crippen LogP) is 7.46. The van der Waals surface area contributed by atoms with E-state index in [-0.39, 0.29) is 34.5 Å². The highest BCUT2D eigenvalue weighted by Gasteiger charge is 2.60. The number of allylic oxidation sites excluding steroid dienone is 4. The molecule has 1 amide bonds. The monoisotopic (exact) mass is 596 g/mol. The van der Waals surface area contributed by atoms with Gasteiger partial charge in [-0.15, -0.1) is 0 Å². The van der Waals surface area contributed by atoms with Crippen molar-refractivity contribution in [3.8, 4) is 0 Å². The Balaban J connectivity index is 1.34. The number of nitrogens with one attached hydrogen (secondary N) is 1. The van der Waals surface area contributed by atoms with Crippen molar-refractivity contribution in [2.24, 2.45) is 39.9 Å². The zero-order valence-corrected chi connectivity index (χ0v) is 28.6. The predicted molar refractivity (Wildman–Crippen MR) is 173 cm³/mol. The molecule has 0 unspecified atom stereocenters. The number of fused-ring (bicyclic) bond motifs is 5. The molecular weight excluding hydrogens is 536 g/mol. The van der Waals surface area contributed by atoms with Gasteiger partial charge in [-0.3, -0.25) is 9.69 Å². The fourth-order valence-electron chi connectivity index (χ4n) is 10.6. The number of ether oxygens (including phenoxy) is 1. The molecule has 43 heavy (non-hydrogen) atoms. The van der Waals surface area contributed by atoms with Gasteiger partial charge >= 0.3 is 6.09 Å². The van der Waals surface area contributed by atoms with Crippen molar-refractivity contribution in [1.82, 2.24) is 10.2 Å². The highest BCUT2D eigenvalue weighted by atomic mass is 16.6. The maximum absolute atomic E-state index is 12.3. The molecule has 1 aliphatic heterocycles. The molecule has 0 radical (unpaired) electrons. The first kappa shape index (κ1) is 32.7. The van der Waals surface area contributed by atoms with Crippen LogP contribution in [0.3, 0.4) is 0 Å². The van der Waals surface area contributed by atoms with Crippen LogP contribution >= 0.6 is 0 Å². The van der Waals surface area contributed by atoms with Gasteiger partial charge in [-0.1, -0.05) is 51.3 Å². The second-order valence-corrected chi connectivity index (χ2v) is 17.2. The number of ketones is 1. The molecule has 0 aromatic carbocycles. The van der Waals surface area contributed by atoms with Crippen LogP contribution in [0, 0.1) is 39.9 Å².